The molecule has 22 heavy (non-hydrogen) atoms. The van der Waals surface area contributed by atoms with Gasteiger partial charge in [-0.3, -0.25) is 9.82 Å². The second-order valence-electron chi connectivity index (χ2n) is 5.58. The number of benzene rings is 1. The zero-order valence-corrected chi connectivity index (χ0v) is 13.1. The lowest BCUT2D eigenvalue weighted by Gasteiger charge is -2.06. The summed E-state index contributed by atoms with van der Waals surface area (Å²) in [7, 11) is -3.69. The molecule has 3 aromatic rings. The minimum Gasteiger partial charge on any atom is -0.336 e. The number of imidazole rings is 1. The highest BCUT2D eigenvalue weighted by Crippen LogP contribution is 2.19. The van der Waals surface area contributed by atoms with Gasteiger partial charge in [-0.25, -0.2) is 4.98 Å². The molecule has 0 radical (unpaired) electrons. The van der Waals surface area contributed by atoms with Gasteiger partial charge in [0.05, 0.1) is 18.0 Å². The summed E-state index contributed by atoms with van der Waals surface area (Å²) in [5.41, 5.74) is 1.33. The van der Waals surface area contributed by atoms with Crippen molar-refractivity contribution in [2.45, 2.75) is 25.4 Å². The van der Waals surface area contributed by atoms with Crippen LogP contribution in [0.2, 0.25) is 0 Å². The van der Waals surface area contributed by atoms with Crippen molar-refractivity contribution in [1.29, 1.82) is 0 Å². The van der Waals surface area contributed by atoms with Crippen molar-refractivity contribution in [3.05, 3.63) is 36.9 Å². The number of hydrogen-bond donors (Lipinski definition) is 2. The van der Waals surface area contributed by atoms with Crippen molar-refractivity contribution in [3.8, 4) is 0 Å². The van der Waals surface area contributed by atoms with E-state index in [1.807, 2.05) is 0 Å². The summed E-state index contributed by atoms with van der Waals surface area (Å²) in [4.78, 5) is 3.98. The fourth-order valence-corrected chi connectivity index (χ4v) is 3.22. The van der Waals surface area contributed by atoms with E-state index in [0.717, 1.165) is 17.4 Å². The molecular formula is C14H17N5O2S. The second kappa shape index (κ2) is 5.45. The number of hydrogen-bond acceptors (Lipinski definition) is 4. The predicted octanol–water partition coefficient (Wildman–Crippen LogP) is 2.22. The Bertz CT molecular complexity index is 895. The molecule has 0 fully saturated rings. The first kappa shape index (κ1) is 14.6. The number of anilines is 1. The zero-order chi connectivity index (χ0) is 15.7. The van der Waals surface area contributed by atoms with Gasteiger partial charge in [-0.2, -0.15) is 13.5 Å². The second-order valence-corrected chi connectivity index (χ2v) is 7.21. The summed E-state index contributed by atoms with van der Waals surface area (Å²) >= 11 is 0. The van der Waals surface area contributed by atoms with E-state index in [0.29, 0.717) is 11.6 Å². The molecule has 0 aliphatic carbocycles. The molecule has 0 aliphatic heterocycles. The average Bonchev–Trinajstić information content (AvgIpc) is 3.06. The topological polar surface area (TPSA) is 92.7 Å². The minimum absolute atomic E-state index is 0.0143. The maximum absolute atomic E-state index is 12.4. The highest BCUT2D eigenvalue weighted by molar-refractivity contribution is 7.92. The molecular weight excluding hydrogens is 302 g/mol. The molecule has 2 N–H and O–H groups in total. The first-order valence-electron chi connectivity index (χ1n) is 6.92. The molecule has 0 aliphatic rings. The number of sulfonamides is 1. The molecule has 0 amide bonds. The lowest BCUT2D eigenvalue weighted by Crippen LogP contribution is -2.13. The smallest absolute Gasteiger partial charge is 0.280 e. The molecule has 0 atom stereocenters. The number of aromatic amines is 1. The normalized spacial score (nSPS) is 12.1. The Labute approximate surface area is 128 Å². The van der Waals surface area contributed by atoms with Gasteiger partial charge in [0.1, 0.15) is 0 Å². The Morgan fingerprint density at radius 1 is 1.36 bits per heavy atom. The fraction of sp³-hybridized carbons (Fsp3) is 0.286. The Kier molecular flexibility index (Phi) is 3.61. The van der Waals surface area contributed by atoms with Gasteiger partial charge in [-0.1, -0.05) is 13.8 Å². The Balaban J connectivity index is 1.84. The highest BCUT2D eigenvalue weighted by atomic mass is 32.2. The van der Waals surface area contributed by atoms with E-state index in [4.69, 9.17) is 0 Å². The van der Waals surface area contributed by atoms with Crippen LogP contribution < -0.4 is 4.72 Å². The standard InChI is InChI=1S/C14H17N5O2S/c1-10(2)7-19-8-14(15-9-19)22(20,21)18-12-3-4-13-11(5-12)6-16-17-13/h3-6,8-10,18H,7H2,1-2H3,(H,16,17). The molecule has 3 rings (SSSR count). The predicted molar refractivity (Wildman–Crippen MR) is 84.0 cm³/mol. The van der Waals surface area contributed by atoms with Gasteiger partial charge < -0.3 is 4.57 Å². The maximum Gasteiger partial charge on any atom is 0.280 e. The summed E-state index contributed by atoms with van der Waals surface area (Å²) in [6.07, 6.45) is 4.72. The van der Waals surface area contributed by atoms with Gasteiger partial charge in [0.2, 0.25) is 0 Å². The van der Waals surface area contributed by atoms with Gasteiger partial charge in [0.15, 0.2) is 5.03 Å². The summed E-state index contributed by atoms with van der Waals surface area (Å²) in [6, 6.07) is 5.18. The van der Waals surface area contributed by atoms with E-state index in [2.05, 4.69) is 33.8 Å². The third kappa shape index (κ3) is 2.96. The van der Waals surface area contributed by atoms with E-state index >= 15 is 0 Å². The van der Waals surface area contributed by atoms with Crippen LogP contribution in [0.25, 0.3) is 10.9 Å². The van der Waals surface area contributed by atoms with Crippen LogP contribution in [0.3, 0.4) is 0 Å². The van der Waals surface area contributed by atoms with Gasteiger partial charge in [0.25, 0.3) is 10.0 Å². The SMILES string of the molecule is CC(C)Cn1cnc(S(=O)(=O)Nc2ccc3[nH]ncc3c2)c1. The first-order chi connectivity index (χ1) is 10.4. The Morgan fingerprint density at radius 2 is 2.18 bits per heavy atom. The van der Waals surface area contributed by atoms with E-state index in [-0.39, 0.29) is 5.03 Å². The number of nitrogens with one attached hydrogen (secondary N) is 2. The summed E-state index contributed by atoms with van der Waals surface area (Å²) in [5, 5.41) is 7.58. The van der Waals surface area contributed by atoms with Crippen molar-refractivity contribution in [1.82, 2.24) is 19.7 Å². The van der Waals surface area contributed by atoms with Crippen LogP contribution in [-0.4, -0.2) is 28.2 Å². The molecule has 0 bridgehead atoms. The highest BCUT2D eigenvalue weighted by Gasteiger charge is 2.18. The molecule has 0 saturated carbocycles. The molecule has 0 saturated heterocycles. The van der Waals surface area contributed by atoms with E-state index in [1.165, 1.54) is 6.33 Å². The van der Waals surface area contributed by atoms with Gasteiger partial charge in [-0.15, -0.1) is 0 Å². The summed E-state index contributed by atoms with van der Waals surface area (Å²) in [5.74, 6) is 0.418. The van der Waals surface area contributed by atoms with Gasteiger partial charge in [-0.05, 0) is 24.1 Å². The Hall–Kier alpha value is -2.35. The largest absolute Gasteiger partial charge is 0.336 e. The molecule has 116 valence electrons. The molecule has 0 unspecified atom stereocenters. The molecule has 1 aromatic carbocycles. The van der Waals surface area contributed by atoms with Crippen molar-refractivity contribution < 1.29 is 8.42 Å². The van der Waals surface area contributed by atoms with Crippen LogP contribution in [0.4, 0.5) is 5.69 Å². The summed E-state index contributed by atoms with van der Waals surface area (Å²) < 4.78 is 29.0. The fourth-order valence-electron chi connectivity index (χ4n) is 2.21. The molecule has 0 spiro atoms. The number of H-pyrrole nitrogens is 1. The number of nitrogens with zero attached hydrogens (tertiary/aromatic N) is 3. The monoisotopic (exact) mass is 319 g/mol. The third-order valence-electron chi connectivity index (χ3n) is 3.15. The Morgan fingerprint density at radius 3 is 2.95 bits per heavy atom. The van der Waals surface area contributed by atoms with Crippen molar-refractivity contribution in [2.75, 3.05) is 4.72 Å². The number of fused-ring (bicyclic) bond motifs is 1. The average molecular weight is 319 g/mol. The molecule has 8 heteroatoms. The summed E-state index contributed by atoms with van der Waals surface area (Å²) in [6.45, 7) is 4.85. The third-order valence-corrected chi connectivity index (χ3v) is 4.42. The van der Waals surface area contributed by atoms with Crippen LogP contribution in [0, 0.1) is 5.92 Å². The van der Waals surface area contributed by atoms with E-state index < -0.39 is 10.0 Å². The van der Waals surface area contributed by atoms with Crippen LogP contribution in [0.5, 0.6) is 0 Å². The van der Waals surface area contributed by atoms with Crippen LogP contribution in [-0.2, 0) is 16.6 Å². The van der Waals surface area contributed by atoms with Crippen molar-refractivity contribution in [3.63, 3.8) is 0 Å². The van der Waals surface area contributed by atoms with Crippen molar-refractivity contribution >= 4 is 26.6 Å². The quantitative estimate of drug-likeness (QED) is 0.754. The first-order valence-corrected chi connectivity index (χ1v) is 8.40. The lowest BCUT2D eigenvalue weighted by molar-refractivity contribution is 0.522. The van der Waals surface area contributed by atoms with Gasteiger partial charge in [0, 0.05) is 23.8 Å². The zero-order valence-electron chi connectivity index (χ0n) is 12.3. The van der Waals surface area contributed by atoms with Crippen LogP contribution in [0.15, 0.2) is 41.9 Å². The van der Waals surface area contributed by atoms with Crippen LogP contribution >= 0.6 is 0 Å². The lowest BCUT2D eigenvalue weighted by atomic mass is 10.2. The minimum atomic E-state index is -3.69. The molecule has 7 nitrogen and oxygen atoms in total. The molecule has 2 aromatic heterocycles. The molecule has 2 heterocycles. The number of rotatable bonds is 5. The van der Waals surface area contributed by atoms with Gasteiger partial charge >= 0.3 is 0 Å². The van der Waals surface area contributed by atoms with Crippen molar-refractivity contribution in [2.24, 2.45) is 5.92 Å². The van der Waals surface area contributed by atoms with Crippen LogP contribution in [0.1, 0.15) is 13.8 Å². The number of aromatic nitrogens is 4. The van der Waals surface area contributed by atoms with E-state index in [9.17, 15) is 8.42 Å². The van der Waals surface area contributed by atoms with E-state index in [1.54, 1.807) is 35.2 Å². The maximum atomic E-state index is 12.4.